The first kappa shape index (κ1) is 15.1. The zero-order valence-electron chi connectivity index (χ0n) is 10.8. The lowest BCUT2D eigenvalue weighted by Gasteiger charge is -2.09. The second kappa shape index (κ2) is 6.01. The molecule has 0 radical (unpaired) electrons. The molecule has 0 amide bonds. The molecular formula is C14H12F3NO3. The largest absolute Gasteiger partial charge is 0.475 e. The molecule has 0 aliphatic rings. The molecule has 1 heterocycles. The number of aromatic carboxylic acids is 1. The Bertz CT molecular complexity index is 634. The predicted molar refractivity (Wildman–Crippen MR) is 67.7 cm³/mol. The van der Waals surface area contributed by atoms with Gasteiger partial charge in [0, 0.05) is 6.54 Å². The maximum absolute atomic E-state index is 12.5. The van der Waals surface area contributed by atoms with Crippen molar-refractivity contribution in [2.45, 2.75) is 19.3 Å². The molecule has 0 fully saturated rings. The molecule has 0 spiro atoms. The van der Waals surface area contributed by atoms with Crippen LogP contribution in [0.4, 0.5) is 13.2 Å². The van der Waals surface area contributed by atoms with Crippen molar-refractivity contribution in [1.82, 2.24) is 5.32 Å². The van der Waals surface area contributed by atoms with Crippen LogP contribution in [0.1, 0.15) is 27.4 Å². The summed E-state index contributed by atoms with van der Waals surface area (Å²) in [5, 5.41) is 11.6. The Morgan fingerprint density at radius 2 is 1.95 bits per heavy atom. The highest BCUT2D eigenvalue weighted by molar-refractivity contribution is 5.84. The summed E-state index contributed by atoms with van der Waals surface area (Å²) in [5.41, 5.74) is -0.220. The highest BCUT2D eigenvalue weighted by Crippen LogP contribution is 2.29. The number of carboxylic acids is 1. The van der Waals surface area contributed by atoms with Gasteiger partial charge in [0.15, 0.2) is 0 Å². The zero-order valence-corrected chi connectivity index (χ0v) is 10.8. The van der Waals surface area contributed by atoms with Crippen LogP contribution >= 0.6 is 0 Å². The van der Waals surface area contributed by atoms with Crippen molar-refractivity contribution in [3.8, 4) is 0 Å². The molecule has 2 N–H and O–H groups in total. The minimum Gasteiger partial charge on any atom is -0.475 e. The molecule has 4 nitrogen and oxygen atoms in total. The Hall–Kier alpha value is -2.28. The van der Waals surface area contributed by atoms with Crippen LogP contribution in [0.3, 0.4) is 0 Å². The lowest BCUT2D eigenvalue weighted by molar-refractivity contribution is -0.137. The first-order valence-electron chi connectivity index (χ1n) is 6.05. The number of carboxylic acid groups (broad SMARTS) is 1. The van der Waals surface area contributed by atoms with Gasteiger partial charge in [-0.15, -0.1) is 0 Å². The molecule has 7 heteroatoms. The molecule has 0 saturated carbocycles. The second-order valence-electron chi connectivity index (χ2n) is 4.37. The standard InChI is InChI=1S/C14H12F3NO3/c15-14(16,17)10-3-1-2-9(6-10)7-18-8-11-4-5-12(21-11)13(19)20/h1-6,18H,7-8H2,(H,19,20). The predicted octanol–water partition coefficient (Wildman–Crippen LogP) is 3.29. The van der Waals surface area contributed by atoms with Gasteiger partial charge in [0.05, 0.1) is 12.1 Å². The van der Waals surface area contributed by atoms with Crippen molar-refractivity contribution in [1.29, 1.82) is 0 Å². The summed E-state index contributed by atoms with van der Waals surface area (Å²) < 4.78 is 42.6. The number of hydrogen-bond acceptors (Lipinski definition) is 3. The van der Waals surface area contributed by atoms with Crippen molar-refractivity contribution in [3.05, 3.63) is 59.0 Å². The van der Waals surface area contributed by atoms with Gasteiger partial charge in [-0.25, -0.2) is 4.79 Å². The summed E-state index contributed by atoms with van der Waals surface area (Å²) in [5.74, 6) is -0.940. The number of carbonyl (C=O) groups is 1. The molecule has 2 rings (SSSR count). The molecule has 0 unspecified atom stereocenters. The van der Waals surface area contributed by atoms with E-state index in [4.69, 9.17) is 9.52 Å². The smallest absolute Gasteiger partial charge is 0.416 e. The molecule has 112 valence electrons. The van der Waals surface area contributed by atoms with Crippen LogP contribution in [-0.4, -0.2) is 11.1 Å². The molecule has 0 saturated heterocycles. The second-order valence-corrected chi connectivity index (χ2v) is 4.37. The summed E-state index contributed by atoms with van der Waals surface area (Å²) in [6.07, 6.45) is -4.37. The lowest BCUT2D eigenvalue weighted by Crippen LogP contribution is -2.13. The van der Waals surface area contributed by atoms with E-state index in [9.17, 15) is 18.0 Å². The maximum Gasteiger partial charge on any atom is 0.416 e. The van der Waals surface area contributed by atoms with Crippen LogP contribution in [0.2, 0.25) is 0 Å². The van der Waals surface area contributed by atoms with E-state index in [-0.39, 0.29) is 18.8 Å². The first-order chi connectivity index (χ1) is 9.86. The van der Waals surface area contributed by atoms with E-state index >= 15 is 0 Å². The van der Waals surface area contributed by atoms with Gasteiger partial charge in [0.2, 0.25) is 5.76 Å². The fraction of sp³-hybridized carbons (Fsp3) is 0.214. The highest BCUT2D eigenvalue weighted by atomic mass is 19.4. The molecule has 0 aliphatic heterocycles. The summed E-state index contributed by atoms with van der Waals surface area (Å²) >= 11 is 0. The van der Waals surface area contributed by atoms with Gasteiger partial charge in [-0.2, -0.15) is 13.2 Å². The minimum atomic E-state index is -4.37. The van der Waals surface area contributed by atoms with E-state index < -0.39 is 17.7 Å². The number of furan rings is 1. The van der Waals surface area contributed by atoms with Crippen molar-refractivity contribution < 1.29 is 27.5 Å². The number of benzene rings is 1. The average molecular weight is 299 g/mol. The van der Waals surface area contributed by atoms with Gasteiger partial charge >= 0.3 is 12.1 Å². The summed E-state index contributed by atoms with van der Waals surface area (Å²) in [4.78, 5) is 10.6. The van der Waals surface area contributed by atoms with Crippen LogP contribution in [0, 0.1) is 0 Å². The van der Waals surface area contributed by atoms with E-state index in [0.717, 1.165) is 12.1 Å². The first-order valence-corrected chi connectivity index (χ1v) is 6.05. The third-order valence-electron chi connectivity index (χ3n) is 2.76. The Morgan fingerprint density at radius 1 is 1.19 bits per heavy atom. The van der Waals surface area contributed by atoms with E-state index in [1.165, 1.54) is 18.2 Å². The maximum atomic E-state index is 12.5. The monoisotopic (exact) mass is 299 g/mol. The van der Waals surface area contributed by atoms with Gasteiger partial charge in [0.25, 0.3) is 0 Å². The fourth-order valence-corrected chi connectivity index (χ4v) is 1.78. The fourth-order valence-electron chi connectivity index (χ4n) is 1.78. The highest BCUT2D eigenvalue weighted by Gasteiger charge is 2.30. The third kappa shape index (κ3) is 4.09. The Labute approximate surface area is 118 Å². The van der Waals surface area contributed by atoms with E-state index in [1.807, 2.05) is 0 Å². The molecule has 0 atom stereocenters. The van der Waals surface area contributed by atoms with Gasteiger partial charge in [-0.1, -0.05) is 18.2 Å². The van der Waals surface area contributed by atoms with Gasteiger partial charge in [-0.3, -0.25) is 0 Å². The van der Waals surface area contributed by atoms with Gasteiger partial charge in [-0.05, 0) is 23.8 Å². The number of rotatable bonds is 5. The van der Waals surface area contributed by atoms with Crippen LogP contribution in [0.25, 0.3) is 0 Å². The summed E-state index contributed by atoms with van der Waals surface area (Å²) in [6, 6.07) is 7.82. The normalized spacial score (nSPS) is 11.6. The Morgan fingerprint density at radius 3 is 2.57 bits per heavy atom. The van der Waals surface area contributed by atoms with Gasteiger partial charge < -0.3 is 14.8 Å². The van der Waals surface area contributed by atoms with Gasteiger partial charge in [0.1, 0.15) is 5.76 Å². The Balaban J connectivity index is 1.92. The minimum absolute atomic E-state index is 0.175. The SMILES string of the molecule is O=C(O)c1ccc(CNCc2cccc(C(F)(F)F)c2)o1. The number of nitrogens with one attached hydrogen (secondary N) is 1. The molecular weight excluding hydrogens is 287 g/mol. The zero-order chi connectivity index (χ0) is 15.5. The number of alkyl halides is 3. The lowest BCUT2D eigenvalue weighted by atomic mass is 10.1. The molecule has 1 aromatic heterocycles. The third-order valence-corrected chi connectivity index (χ3v) is 2.76. The topological polar surface area (TPSA) is 62.5 Å². The van der Waals surface area contributed by atoms with Crippen molar-refractivity contribution in [2.75, 3.05) is 0 Å². The van der Waals surface area contributed by atoms with Crippen LogP contribution in [-0.2, 0) is 19.3 Å². The summed E-state index contributed by atoms with van der Waals surface area (Å²) in [7, 11) is 0. The number of hydrogen-bond donors (Lipinski definition) is 2. The van der Waals surface area contributed by atoms with Crippen LogP contribution in [0.5, 0.6) is 0 Å². The number of halogens is 3. The molecule has 21 heavy (non-hydrogen) atoms. The van der Waals surface area contributed by atoms with Crippen molar-refractivity contribution in [3.63, 3.8) is 0 Å². The van der Waals surface area contributed by atoms with Crippen LogP contribution in [0.15, 0.2) is 40.8 Å². The molecule has 0 bridgehead atoms. The van der Waals surface area contributed by atoms with Crippen molar-refractivity contribution >= 4 is 5.97 Å². The van der Waals surface area contributed by atoms with E-state index in [2.05, 4.69) is 5.32 Å². The quantitative estimate of drug-likeness (QED) is 0.889. The van der Waals surface area contributed by atoms with E-state index in [0.29, 0.717) is 11.3 Å². The molecule has 2 aromatic rings. The van der Waals surface area contributed by atoms with Crippen molar-refractivity contribution in [2.24, 2.45) is 0 Å². The van der Waals surface area contributed by atoms with Crippen LogP contribution < -0.4 is 5.32 Å². The molecule has 0 aliphatic carbocycles. The summed E-state index contributed by atoms with van der Waals surface area (Å²) in [6.45, 7) is 0.441. The van der Waals surface area contributed by atoms with E-state index in [1.54, 1.807) is 6.07 Å². The molecule has 1 aromatic carbocycles. The Kier molecular flexibility index (Phi) is 4.32. The average Bonchev–Trinajstić information content (AvgIpc) is 2.87.